The van der Waals surface area contributed by atoms with Gasteiger partial charge in [0.25, 0.3) is 0 Å². The number of hydrogen-bond acceptors (Lipinski definition) is 6. The van der Waals surface area contributed by atoms with Crippen LogP contribution in [-0.2, 0) is 21.9 Å². The summed E-state index contributed by atoms with van der Waals surface area (Å²) < 4.78 is 53.8. The van der Waals surface area contributed by atoms with Crippen molar-refractivity contribution in [3.8, 4) is 0 Å². The van der Waals surface area contributed by atoms with E-state index in [1.807, 2.05) is 6.92 Å². The summed E-state index contributed by atoms with van der Waals surface area (Å²) in [7, 11) is -10.1. The topological polar surface area (TPSA) is 97.7 Å². The Labute approximate surface area is 87.5 Å². The molecular weight excluding hydrogens is 252 g/mol. The molecule has 0 rings (SSSR count). The van der Waals surface area contributed by atoms with Crippen LogP contribution < -0.4 is 0 Å². The van der Waals surface area contributed by atoms with Gasteiger partial charge in [-0.25, -0.2) is 0 Å². The summed E-state index contributed by atoms with van der Waals surface area (Å²) in [6.07, 6.45) is 2.59. The van der Waals surface area contributed by atoms with Crippen molar-refractivity contribution in [3.05, 3.63) is 0 Å². The summed E-state index contributed by atoms with van der Waals surface area (Å²) >= 11 is 0.500. The molecule has 0 aliphatic rings. The lowest BCUT2D eigenvalue weighted by molar-refractivity contribution is 0.475. The fourth-order valence-electron chi connectivity index (χ4n) is 0.539. The third-order valence-electron chi connectivity index (χ3n) is 1.22. The molecule has 0 heterocycles. The zero-order valence-corrected chi connectivity index (χ0v) is 9.99. The van der Waals surface area contributed by atoms with Gasteiger partial charge in [0.2, 0.25) is 0 Å². The molecule has 0 radical (unpaired) electrons. The van der Waals surface area contributed by atoms with Crippen LogP contribution in [0.3, 0.4) is 0 Å². The van der Waals surface area contributed by atoms with Gasteiger partial charge in [0.15, 0.2) is 0 Å². The van der Waals surface area contributed by atoms with Gasteiger partial charge in [0, 0.05) is 17.8 Å². The summed E-state index contributed by atoms with van der Waals surface area (Å²) in [5, 5.41) is 0. The van der Waals surface area contributed by atoms with E-state index < -0.39 is 18.3 Å². The maximum Gasteiger partial charge on any atom is 0.410 e. The fourth-order valence-corrected chi connectivity index (χ4v) is 2.87. The van der Waals surface area contributed by atoms with Gasteiger partial charge in [-0.2, -0.15) is 20.5 Å². The smallest absolute Gasteiger partial charge is 0.272 e. The molecule has 0 unspecified atom stereocenters. The molecular formula is C5H12O6S3. The van der Waals surface area contributed by atoms with E-state index in [9.17, 15) is 16.8 Å². The molecule has 0 saturated carbocycles. The lowest BCUT2D eigenvalue weighted by atomic mass is 10.3. The molecule has 0 atom stereocenters. The number of unbranched alkanes of at least 4 members (excludes halogenated alkanes) is 2. The Hall–Kier alpha value is 0.170. The Morgan fingerprint density at radius 3 is 2.21 bits per heavy atom. The lowest BCUT2D eigenvalue weighted by Gasteiger charge is -2.00. The van der Waals surface area contributed by atoms with E-state index in [2.05, 4.69) is 3.63 Å². The zero-order valence-electron chi connectivity index (χ0n) is 7.54. The van der Waals surface area contributed by atoms with Crippen LogP contribution in [0.4, 0.5) is 0 Å². The highest BCUT2D eigenvalue weighted by Crippen LogP contribution is 2.15. The Morgan fingerprint density at radius 1 is 1.21 bits per heavy atom. The first-order chi connectivity index (χ1) is 6.31. The maximum atomic E-state index is 10.6. The second kappa shape index (κ2) is 5.91. The molecule has 1 N–H and O–H groups in total. The van der Waals surface area contributed by atoms with Crippen LogP contribution in [-0.4, -0.2) is 27.1 Å². The second-order valence-electron chi connectivity index (χ2n) is 2.43. The van der Waals surface area contributed by atoms with Crippen molar-refractivity contribution in [1.82, 2.24) is 0 Å². The minimum absolute atomic E-state index is 0.364. The van der Waals surface area contributed by atoms with Crippen LogP contribution in [0.1, 0.15) is 26.2 Å². The quantitative estimate of drug-likeness (QED) is 0.316. The van der Waals surface area contributed by atoms with Crippen LogP contribution in [0.5, 0.6) is 0 Å². The average molecular weight is 264 g/mol. The second-order valence-corrected chi connectivity index (χ2v) is 7.78. The third kappa shape index (κ3) is 5.15. The molecule has 0 aliphatic carbocycles. The van der Waals surface area contributed by atoms with Gasteiger partial charge in [0.1, 0.15) is 0 Å². The van der Waals surface area contributed by atoms with Crippen LogP contribution in [0.15, 0.2) is 0 Å². The maximum absolute atomic E-state index is 10.6. The first-order valence-corrected chi connectivity index (χ1v) is 8.12. The molecule has 9 heteroatoms. The van der Waals surface area contributed by atoms with E-state index in [4.69, 9.17) is 4.55 Å². The minimum atomic E-state index is -5.17. The third-order valence-corrected chi connectivity index (χ3v) is 5.29. The van der Waals surface area contributed by atoms with Gasteiger partial charge in [0.05, 0.1) is 0 Å². The average Bonchev–Trinajstić information content (AvgIpc) is 2.02. The Balaban J connectivity index is 3.92. The van der Waals surface area contributed by atoms with E-state index >= 15 is 0 Å². The van der Waals surface area contributed by atoms with Crippen molar-refractivity contribution in [3.63, 3.8) is 0 Å². The summed E-state index contributed by atoms with van der Waals surface area (Å²) in [5.41, 5.74) is 0. The molecule has 0 aromatic heterocycles. The molecule has 14 heavy (non-hydrogen) atoms. The SMILES string of the molecule is CCCCCSOS(=O)(=O)S(=O)(=O)O. The van der Waals surface area contributed by atoms with E-state index in [0.29, 0.717) is 17.8 Å². The predicted octanol–water partition coefficient (Wildman–Crippen LogP) is 0.974. The molecule has 0 bridgehead atoms. The van der Waals surface area contributed by atoms with E-state index in [0.717, 1.165) is 19.3 Å². The highest BCUT2D eigenvalue weighted by Gasteiger charge is 2.28. The fraction of sp³-hybridized carbons (Fsp3) is 1.00. The molecule has 86 valence electrons. The Kier molecular flexibility index (Phi) is 5.98. The van der Waals surface area contributed by atoms with Crippen molar-refractivity contribution >= 4 is 30.3 Å². The standard InChI is InChI=1S/C5H12O6S3/c1-2-3-4-5-12-11-14(9,10)13(6,7)8/h2-5H2,1H3,(H,6,7,8). The largest absolute Gasteiger partial charge is 0.410 e. The van der Waals surface area contributed by atoms with Gasteiger partial charge in [-0.05, 0) is 6.42 Å². The molecule has 0 aromatic rings. The number of rotatable bonds is 7. The molecule has 0 aromatic carbocycles. The van der Waals surface area contributed by atoms with Crippen molar-refractivity contribution < 1.29 is 25.0 Å². The first kappa shape index (κ1) is 14.2. The predicted molar refractivity (Wildman–Crippen MR) is 53.5 cm³/mol. The van der Waals surface area contributed by atoms with E-state index in [1.54, 1.807) is 0 Å². The van der Waals surface area contributed by atoms with Crippen molar-refractivity contribution in [2.24, 2.45) is 0 Å². The van der Waals surface area contributed by atoms with Crippen molar-refractivity contribution in [1.29, 1.82) is 0 Å². The van der Waals surface area contributed by atoms with Gasteiger partial charge in [-0.15, -0.1) is 0 Å². The summed E-state index contributed by atoms with van der Waals surface area (Å²) in [5.74, 6) is 0.364. The molecule has 0 saturated heterocycles. The highest BCUT2D eigenvalue weighted by molar-refractivity contribution is 8.64. The Bertz CT molecular complexity index is 342. The van der Waals surface area contributed by atoms with Crippen LogP contribution >= 0.6 is 12.0 Å². The molecule has 6 nitrogen and oxygen atoms in total. The van der Waals surface area contributed by atoms with Gasteiger partial charge < -0.3 is 0 Å². The summed E-state index contributed by atoms with van der Waals surface area (Å²) in [6.45, 7) is 1.97. The summed E-state index contributed by atoms with van der Waals surface area (Å²) in [6, 6.07) is 0. The van der Waals surface area contributed by atoms with Crippen molar-refractivity contribution in [2.75, 3.05) is 5.75 Å². The molecule has 0 spiro atoms. The zero-order chi connectivity index (χ0) is 11.2. The normalized spacial score (nSPS) is 13.0. The first-order valence-electron chi connectivity index (χ1n) is 3.85. The van der Waals surface area contributed by atoms with E-state index in [1.165, 1.54) is 0 Å². The van der Waals surface area contributed by atoms with Crippen LogP contribution in [0.2, 0.25) is 0 Å². The van der Waals surface area contributed by atoms with Gasteiger partial charge in [-0.3, -0.25) is 4.55 Å². The Morgan fingerprint density at radius 2 is 1.79 bits per heavy atom. The van der Waals surface area contributed by atoms with E-state index in [-0.39, 0.29) is 0 Å². The monoisotopic (exact) mass is 264 g/mol. The van der Waals surface area contributed by atoms with Crippen LogP contribution in [0.25, 0.3) is 0 Å². The lowest BCUT2D eigenvalue weighted by Crippen LogP contribution is -2.14. The molecule has 0 fully saturated rings. The summed E-state index contributed by atoms with van der Waals surface area (Å²) in [4.78, 5) is 0. The highest BCUT2D eigenvalue weighted by atomic mass is 33.2. The molecule has 0 amide bonds. The minimum Gasteiger partial charge on any atom is -0.272 e. The van der Waals surface area contributed by atoms with Crippen LogP contribution in [0, 0.1) is 0 Å². The number of hydrogen-bond donors (Lipinski definition) is 1. The van der Waals surface area contributed by atoms with Gasteiger partial charge in [-0.1, -0.05) is 19.8 Å². The van der Waals surface area contributed by atoms with Crippen molar-refractivity contribution in [2.45, 2.75) is 26.2 Å². The van der Waals surface area contributed by atoms with Gasteiger partial charge >= 0.3 is 18.3 Å². The molecule has 0 aliphatic heterocycles.